The van der Waals surface area contributed by atoms with E-state index >= 15 is 0 Å². The van der Waals surface area contributed by atoms with Gasteiger partial charge in [-0.25, -0.2) is 4.98 Å². The third-order valence-electron chi connectivity index (χ3n) is 5.87. The molecule has 0 spiro atoms. The second-order valence-electron chi connectivity index (χ2n) is 8.14. The molecule has 1 aromatic rings. The maximum atomic E-state index is 5.88. The van der Waals surface area contributed by atoms with Gasteiger partial charge >= 0.3 is 0 Å². The van der Waals surface area contributed by atoms with E-state index in [0.717, 1.165) is 42.2 Å². The van der Waals surface area contributed by atoms with Crippen LogP contribution in [0.15, 0.2) is 29.0 Å². The second kappa shape index (κ2) is 10.0. The second-order valence-corrected chi connectivity index (χ2v) is 8.14. The molecule has 1 aromatic heterocycles. The minimum Gasteiger partial charge on any atom is -0.404 e. The summed E-state index contributed by atoms with van der Waals surface area (Å²) in [6.45, 7) is 5.76. The van der Waals surface area contributed by atoms with Crippen LogP contribution in [0.4, 0.5) is 11.5 Å². The van der Waals surface area contributed by atoms with Gasteiger partial charge in [-0.05, 0) is 56.5 Å². The van der Waals surface area contributed by atoms with Crippen molar-refractivity contribution in [3.63, 3.8) is 0 Å². The number of methoxy groups -OCH3 is 1. The van der Waals surface area contributed by atoms with Crippen molar-refractivity contribution < 1.29 is 4.74 Å². The molecule has 2 heterocycles. The summed E-state index contributed by atoms with van der Waals surface area (Å²) < 4.78 is 5.88. The summed E-state index contributed by atoms with van der Waals surface area (Å²) in [6, 6.07) is 3.13. The number of nitrogens with one attached hydrogen (secondary N) is 1. The molecule has 2 unspecified atom stereocenters. The zero-order valence-electron chi connectivity index (χ0n) is 17.5. The van der Waals surface area contributed by atoms with E-state index in [9.17, 15) is 0 Å². The third-order valence-corrected chi connectivity index (χ3v) is 5.87. The molecule has 154 valence electrons. The number of nitrogens with two attached hydrogens (primary N) is 1. The number of aromatic nitrogens is 1. The van der Waals surface area contributed by atoms with Gasteiger partial charge in [-0.2, -0.15) is 0 Å². The molecule has 3 rings (SSSR count). The number of hydrogen-bond donors (Lipinski definition) is 2. The van der Waals surface area contributed by atoms with E-state index in [-0.39, 0.29) is 6.10 Å². The van der Waals surface area contributed by atoms with Crippen molar-refractivity contribution >= 4 is 17.7 Å². The average molecular weight is 386 g/mol. The van der Waals surface area contributed by atoms with Gasteiger partial charge in [0.25, 0.3) is 0 Å². The molecule has 0 aromatic carbocycles. The lowest BCUT2D eigenvalue weighted by Crippen LogP contribution is -2.56. The van der Waals surface area contributed by atoms with Crippen LogP contribution in [0.5, 0.6) is 0 Å². The van der Waals surface area contributed by atoms with Gasteiger partial charge in [-0.3, -0.25) is 4.99 Å². The van der Waals surface area contributed by atoms with Gasteiger partial charge in [0.05, 0.1) is 6.10 Å². The number of anilines is 1. The SMILES string of the molecule is COC1CN(c2ncc(C)cc2N=CC(C)=CN)CCC1NC1CCCCC1. The molecule has 2 atom stereocenters. The number of hydrogen-bond acceptors (Lipinski definition) is 6. The normalized spacial score (nSPS) is 24.8. The lowest BCUT2D eigenvalue weighted by atomic mass is 9.92. The number of ether oxygens (including phenoxy) is 1. The standard InChI is InChI=1S/C22H35N5O/c1-16-11-20(24-14-17(2)12-23)22(25-13-16)27-10-9-19(21(15-27)28-3)26-18-7-5-4-6-8-18/h11-14,18-19,21,26H,4-10,15,23H2,1-3H3. The summed E-state index contributed by atoms with van der Waals surface area (Å²) in [5.41, 5.74) is 8.48. The molecule has 28 heavy (non-hydrogen) atoms. The zero-order chi connectivity index (χ0) is 19.9. The van der Waals surface area contributed by atoms with Gasteiger partial charge in [0.2, 0.25) is 0 Å². The van der Waals surface area contributed by atoms with E-state index in [4.69, 9.17) is 15.5 Å². The maximum Gasteiger partial charge on any atom is 0.154 e. The third kappa shape index (κ3) is 5.32. The zero-order valence-corrected chi connectivity index (χ0v) is 17.5. The fraction of sp³-hybridized carbons (Fsp3) is 0.636. The summed E-state index contributed by atoms with van der Waals surface area (Å²) >= 11 is 0. The lowest BCUT2D eigenvalue weighted by molar-refractivity contribution is 0.0534. The Labute approximate surface area is 169 Å². The first-order chi connectivity index (χ1) is 13.6. The first-order valence-corrected chi connectivity index (χ1v) is 10.5. The Balaban J connectivity index is 1.72. The highest BCUT2D eigenvalue weighted by molar-refractivity contribution is 5.82. The monoisotopic (exact) mass is 385 g/mol. The minimum absolute atomic E-state index is 0.154. The van der Waals surface area contributed by atoms with E-state index < -0.39 is 0 Å². The van der Waals surface area contributed by atoms with E-state index in [0.29, 0.717) is 12.1 Å². The molecule has 0 radical (unpaired) electrons. The highest BCUT2D eigenvalue weighted by Gasteiger charge is 2.32. The van der Waals surface area contributed by atoms with E-state index in [1.807, 2.05) is 27.2 Å². The van der Waals surface area contributed by atoms with Crippen molar-refractivity contribution in [2.75, 3.05) is 25.1 Å². The fourth-order valence-corrected chi connectivity index (χ4v) is 4.21. The highest BCUT2D eigenvalue weighted by Crippen LogP contribution is 2.30. The molecule has 3 N–H and O–H groups in total. The predicted octanol–water partition coefficient (Wildman–Crippen LogP) is 3.47. The summed E-state index contributed by atoms with van der Waals surface area (Å²) in [7, 11) is 1.82. The number of pyridine rings is 1. The predicted molar refractivity (Wildman–Crippen MR) is 116 cm³/mol. The summed E-state index contributed by atoms with van der Waals surface area (Å²) in [4.78, 5) is 11.6. The Kier molecular flexibility index (Phi) is 7.45. The van der Waals surface area contributed by atoms with Crippen molar-refractivity contribution in [3.05, 3.63) is 29.6 Å². The van der Waals surface area contributed by atoms with Gasteiger partial charge < -0.3 is 20.7 Å². The lowest BCUT2D eigenvalue weighted by Gasteiger charge is -2.41. The minimum atomic E-state index is 0.154. The Morgan fingerprint density at radius 1 is 1.32 bits per heavy atom. The first kappa shape index (κ1) is 20.8. The molecule has 2 fully saturated rings. The van der Waals surface area contributed by atoms with Crippen LogP contribution in [0.1, 0.15) is 51.0 Å². The maximum absolute atomic E-state index is 5.88. The van der Waals surface area contributed by atoms with Crippen LogP contribution in [-0.2, 0) is 4.74 Å². The Hall–Kier alpha value is -1.92. The van der Waals surface area contributed by atoms with E-state index in [1.165, 1.54) is 32.1 Å². The van der Waals surface area contributed by atoms with Gasteiger partial charge in [-0.15, -0.1) is 0 Å². The smallest absolute Gasteiger partial charge is 0.154 e. The molecule has 1 aliphatic heterocycles. The molecule has 6 nitrogen and oxygen atoms in total. The van der Waals surface area contributed by atoms with Crippen molar-refractivity contribution in [2.45, 2.75) is 70.6 Å². The molecule has 0 amide bonds. The van der Waals surface area contributed by atoms with Gasteiger partial charge in [0, 0.05) is 44.7 Å². The average Bonchev–Trinajstić information content (AvgIpc) is 2.73. The quantitative estimate of drug-likeness (QED) is 0.734. The summed E-state index contributed by atoms with van der Waals surface area (Å²) in [5, 5.41) is 3.88. The number of allylic oxidation sites excluding steroid dienone is 1. The summed E-state index contributed by atoms with van der Waals surface area (Å²) in [5.74, 6) is 0.921. The largest absolute Gasteiger partial charge is 0.404 e. The molecule has 1 saturated carbocycles. The molecule has 1 saturated heterocycles. The fourth-order valence-electron chi connectivity index (χ4n) is 4.21. The van der Waals surface area contributed by atoms with Crippen molar-refractivity contribution in [1.29, 1.82) is 0 Å². The molecule has 1 aliphatic carbocycles. The molecule has 2 aliphatic rings. The van der Waals surface area contributed by atoms with Gasteiger partial charge in [-0.1, -0.05) is 19.3 Å². The topological polar surface area (TPSA) is 75.8 Å². The Morgan fingerprint density at radius 3 is 2.82 bits per heavy atom. The van der Waals surface area contributed by atoms with Crippen LogP contribution in [0.2, 0.25) is 0 Å². The molecular formula is C22H35N5O. The molecule has 0 bridgehead atoms. The number of nitrogens with zero attached hydrogens (tertiary/aromatic N) is 3. The first-order valence-electron chi connectivity index (χ1n) is 10.5. The van der Waals surface area contributed by atoms with Crippen LogP contribution in [0, 0.1) is 6.92 Å². The van der Waals surface area contributed by atoms with Gasteiger partial charge in [0.15, 0.2) is 5.82 Å². The molecule has 6 heteroatoms. The van der Waals surface area contributed by atoms with Crippen LogP contribution in [-0.4, -0.2) is 49.6 Å². The van der Waals surface area contributed by atoms with E-state index in [1.54, 1.807) is 12.4 Å². The number of piperidine rings is 1. The van der Waals surface area contributed by atoms with Gasteiger partial charge in [0.1, 0.15) is 5.69 Å². The van der Waals surface area contributed by atoms with Crippen LogP contribution < -0.4 is 16.0 Å². The number of aryl methyl sites for hydroxylation is 1. The van der Waals surface area contributed by atoms with Crippen LogP contribution in [0.25, 0.3) is 0 Å². The Morgan fingerprint density at radius 2 is 2.11 bits per heavy atom. The van der Waals surface area contributed by atoms with E-state index in [2.05, 4.69) is 21.3 Å². The number of rotatable bonds is 6. The molecular weight excluding hydrogens is 350 g/mol. The van der Waals surface area contributed by atoms with Crippen LogP contribution in [0.3, 0.4) is 0 Å². The number of aliphatic imine (C=N–C) groups is 1. The van der Waals surface area contributed by atoms with Crippen molar-refractivity contribution in [1.82, 2.24) is 10.3 Å². The van der Waals surface area contributed by atoms with Crippen molar-refractivity contribution in [2.24, 2.45) is 10.7 Å². The Bertz CT molecular complexity index is 696. The van der Waals surface area contributed by atoms with Crippen LogP contribution >= 0.6 is 0 Å². The summed E-state index contributed by atoms with van der Waals surface area (Å²) in [6.07, 6.45) is 13.1. The van der Waals surface area contributed by atoms with Crippen molar-refractivity contribution in [3.8, 4) is 0 Å². The highest BCUT2D eigenvalue weighted by atomic mass is 16.5.